The van der Waals surface area contributed by atoms with Crippen molar-refractivity contribution in [3.8, 4) is 5.75 Å². The van der Waals surface area contributed by atoms with Gasteiger partial charge in [-0.2, -0.15) is 0 Å². The zero-order valence-corrected chi connectivity index (χ0v) is 23.3. The van der Waals surface area contributed by atoms with Gasteiger partial charge in [0.15, 0.2) is 0 Å². The van der Waals surface area contributed by atoms with Crippen molar-refractivity contribution in [2.24, 2.45) is 5.92 Å². The van der Waals surface area contributed by atoms with Crippen molar-refractivity contribution in [3.63, 3.8) is 0 Å². The normalized spacial score (nSPS) is 14.0. The van der Waals surface area contributed by atoms with Crippen LogP contribution in [-0.2, 0) is 18.8 Å². The first-order valence-corrected chi connectivity index (χ1v) is 14.6. The molecular weight excluding hydrogens is 444 g/mol. The fourth-order valence-electron chi connectivity index (χ4n) is 4.73. The lowest BCUT2D eigenvalue weighted by molar-refractivity contribution is -0.137. The van der Waals surface area contributed by atoms with E-state index in [1.54, 1.807) is 19.1 Å². The minimum atomic E-state index is -2.18. The number of esters is 2. The molecule has 0 fully saturated rings. The van der Waals surface area contributed by atoms with Crippen LogP contribution in [0, 0.1) is 5.92 Å². The van der Waals surface area contributed by atoms with Crippen LogP contribution in [-0.4, -0.2) is 33.0 Å². The number of rotatable bonds is 14. The average Bonchev–Trinajstić information content (AvgIpc) is 2.77. The topological polar surface area (TPSA) is 61.8 Å². The van der Waals surface area contributed by atoms with Crippen LogP contribution in [0.2, 0.25) is 16.6 Å². The molecule has 190 valence electrons. The van der Waals surface area contributed by atoms with Crippen molar-refractivity contribution < 1.29 is 23.5 Å². The molecule has 5 nitrogen and oxygen atoms in total. The van der Waals surface area contributed by atoms with Crippen molar-refractivity contribution in [2.75, 3.05) is 6.61 Å². The molecule has 0 bridgehead atoms. The molecule has 0 spiro atoms. The van der Waals surface area contributed by atoms with E-state index in [1.807, 2.05) is 31.2 Å². The van der Waals surface area contributed by atoms with Gasteiger partial charge in [-0.3, -0.25) is 0 Å². The molecule has 0 saturated carbocycles. The molecule has 34 heavy (non-hydrogen) atoms. The van der Waals surface area contributed by atoms with Gasteiger partial charge >= 0.3 is 11.9 Å². The van der Waals surface area contributed by atoms with Crippen LogP contribution in [0.3, 0.4) is 0 Å². The molecule has 0 aromatic heterocycles. The number of hydrogen-bond donors (Lipinski definition) is 0. The van der Waals surface area contributed by atoms with E-state index in [4.69, 9.17) is 13.9 Å². The molecule has 0 aliphatic carbocycles. The van der Waals surface area contributed by atoms with Gasteiger partial charge in [-0.05, 0) is 54.4 Å². The summed E-state index contributed by atoms with van der Waals surface area (Å²) in [5, 5.41) is 0. The second-order valence-corrected chi connectivity index (χ2v) is 15.2. The zero-order valence-electron chi connectivity index (χ0n) is 22.3. The molecular formula is C28H44O5Si. The Hall–Kier alpha value is -2.18. The zero-order chi connectivity index (χ0) is 25.9. The molecule has 0 unspecified atom stereocenters. The maximum Gasteiger partial charge on any atom is 0.338 e. The lowest BCUT2D eigenvalue weighted by Crippen LogP contribution is -2.51. The number of hydrogen-bond acceptors (Lipinski definition) is 5. The van der Waals surface area contributed by atoms with Gasteiger partial charge in [0.1, 0.15) is 5.75 Å². The Morgan fingerprint density at radius 2 is 1.53 bits per heavy atom. The van der Waals surface area contributed by atoms with Crippen LogP contribution in [0.25, 0.3) is 0 Å². The summed E-state index contributed by atoms with van der Waals surface area (Å²) in [6.45, 7) is 21.6. The molecule has 2 atom stereocenters. The van der Waals surface area contributed by atoms with Gasteiger partial charge in [-0.25, -0.2) is 9.59 Å². The standard InChI is InChI=1S/C28H44O5Si/c1-10-31-27(29)19-17-23(8)26(33-34(20(2)3,21(4)5)22(6)7)18-16-24(9)28(30)32-25-14-12-11-13-15-25/h11-15,17,19-23,26H,9-10,16,18H2,1-8H3/b19-17-/t23-,26-/m0/s1. The third-order valence-corrected chi connectivity index (χ3v) is 12.6. The summed E-state index contributed by atoms with van der Waals surface area (Å²) in [5.41, 5.74) is 1.66. The molecule has 0 radical (unpaired) electrons. The summed E-state index contributed by atoms with van der Waals surface area (Å²) >= 11 is 0. The highest BCUT2D eigenvalue weighted by Crippen LogP contribution is 2.44. The predicted molar refractivity (Wildman–Crippen MR) is 141 cm³/mol. The van der Waals surface area contributed by atoms with E-state index in [1.165, 1.54) is 6.08 Å². The lowest BCUT2D eigenvalue weighted by atomic mass is 9.98. The van der Waals surface area contributed by atoms with E-state index in [2.05, 4.69) is 48.1 Å². The molecule has 1 aromatic carbocycles. The van der Waals surface area contributed by atoms with Crippen molar-refractivity contribution in [2.45, 2.75) is 91.0 Å². The van der Waals surface area contributed by atoms with Gasteiger partial charge in [0.2, 0.25) is 8.32 Å². The average molecular weight is 489 g/mol. The van der Waals surface area contributed by atoms with Gasteiger partial charge in [0, 0.05) is 11.6 Å². The largest absolute Gasteiger partial charge is 0.463 e. The van der Waals surface area contributed by atoms with Crippen molar-refractivity contribution in [1.29, 1.82) is 0 Å². The number of ether oxygens (including phenoxy) is 2. The molecule has 1 aromatic rings. The molecule has 0 amide bonds. The minimum absolute atomic E-state index is 0.0366. The Morgan fingerprint density at radius 3 is 2.03 bits per heavy atom. The minimum Gasteiger partial charge on any atom is -0.463 e. The highest BCUT2D eigenvalue weighted by Gasteiger charge is 2.47. The van der Waals surface area contributed by atoms with Crippen LogP contribution < -0.4 is 4.74 Å². The van der Waals surface area contributed by atoms with Crippen LogP contribution in [0.4, 0.5) is 0 Å². The fraction of sp³-hybridized carbons (Fsp3) is 0.571. The monoisotopic (exact) mass is 488 g/mol. The molecule has 0 heterocycles. The Bertz CT molecular complexity index is 792. The number of benzene rings is 1. The van der Waals surface area contributed by atoms with E-state index in [9.17, 15) is 9.59 Å². The Balaban J connectivity index is 3.07. The van der Waals surface area contributed by atoms with Crippen LogP contribution >= 0.6 is 0 Å². The molecule has 0 aliphatic heterocycles. The van der Waals surface area contributed by atoms with E-state index < -0.39 is 14.3 Å². The van der Waals surface area contributed by atoms with Crippen LogP contribution in [0.15, 0.2) is 54.6 Å². The first kappa shape index (κ1) is 29.8. The Labute approximate surface area is 207 Å². The molecule has 1 rings (SSSR count). The number of para-hydroxylation sites is 1. The summed E-state index contributed by atoms with van der Waals surface area (Å²) < 4.78 is 17.6. The summed E-state index contributed by atoms with van der Waals surface area (Å²) in [7, 11) is -2.18. The Kier molecular flexibility index (Phi) is 12.5. The van der Waals surface area contributed by atoms with Crippen molar-refractivity contribution >= 4 is 20.3 Å². The molecule has 6 heteroatoms. The quantitative estimate of drug-likeness (QED) is 0.119. The number of carbonyl (C=O) groups is 2. The van der Waals surface area contributed by atoms with Crippen molar-refractivity contribution in [3.05, 3.63) is 54.6 Å². The highest BCUT2D eigenvalue weighted by molar-refractivity contribution is 6.77. The van der Waals surface area contributed by atoms with Gasteiger partial charge in [-0.1, -0.05) is 79.3 Å². The van der Waals surface area contributed by atoms with Gasteiger partial charge in [0.05, 0.1) is 12.7 Å². The first-order valence-electron chi connectivity index (χ1n) is 12.4. The summed E-state index contributed by atoms with van der Waals surface area (Å²) in [6.07, 6.45) is 4.23. The third kappa shape index (κ3) is 8.55. The van der Waals surface area contributed by atoms with E-state index in [0.29, 0.717) is 47.4 Å². The second kappa shape index (κ2) is 14.3. The predicted octanol–water partition coefficient (Wildman–Crippen LogP) is 7.24. The van der Waals surface area contributed by atoms with Crippen molar-refractivity contribution in [1.82, 2.24) is 0 Å². The maximum absolute atomic E-state index is 12.6. The molecule has 0 saturated heterocycles. The highest BCUT2D eigenvalue weighted by atomic mass is 28.4. The summed E-state index contributed by atoms with van der Waals surface area (Å²) in [4.78, 5) is 24.5. The van der Waals surface area contributed by atoms with E-state index in [-0.39, 0.29) is 18.0 Å². The first-order chi connectivity index (χ1) is 15.9. The lowest BCUT2D eigenvalue weighted by Gasteiger charge is -2.45. The van der Waals surface area contributed by atoms with Gasteiger partial charge in [0.25, 0.3) is 0 Å². The number of carbonyl (C=O) groups excluding carboxylic acids is 2. The maximum atomic E-state index is 12.6. The smallest absolute Gasteiger partial charge is 0.338 e. The van der Waals surface area contributed by atoms with E-state index in [0.717, 1.165) is 0 Å². The summed E-state index contributed by atoms with van der Waals surface area (Å²) in [6, 6.07) is 9.00. The fourth-order valence-corrected chi connectivity index (χ4v) is 10.4. The SMILES string of the molecule is C=C(CC[C@H](O[Si](C(C)C)(C(C)C)C(C)C)[C@@H](C)/C=C\C(=O)OCC)C(=O)Oc1ccccc1. The van der Waals surface area contributed by atoms with Gasteiger partial charge < -0.3 is 13.9 Å². The second-order valence-electron chi connectivity index (χ2n) is 9.79. The third-order valence-electron chi connectivity index (χ3n) is 6.44. The van der Waals surface area contributed by atoms with Gasteiger partial charge in [-0.15, -0.1) is 0 Å². The summed E-state index contributed by atoms with van der Waals surface area (Å²) in [5.74, 6) is -0.327. The Morgan fingerprint density at radius 1 is 0.971 bits per heavy atom. The van der Waals surface area contributed by atoms with E-state index >= 15 is 0 Å². The van der Waals surface area contributed by atoms with Crippen LogP contribution in [0.1, 0.15) is 68.2 Å². The van der Waals surface area contributed by atoms with Crippen LogP contribution in [0.5, 0.6) is 5.75 Å². The molecule has 0 aliphatic rings. The molecule has 0 N–H and O–H groups in total.